The Morgan fingerprint density at radius 3 is 2.45 bits per heavy atom. The first-order valence-corrected chi connectivity index (χ1v) is 9.96. The van der Waals surface area contributed by atoms with Gasteiger partial charge in [0.05, 0.1) is 19.0 Å². The molecule has 0 radical (unpaired) electrons. The van der Waals surface area contributed by atoms with E-state index >= 15 is 0 Å². The molecule has 1 fully saturated rings. The van der Waals surface area contributed by atoms with Gasteiger partial charge in [-0.3, -0.25) is 4.79 Å². The molecule has 6 heteroatoms. The summed E-state index contributed by atoms with van der Waals surface area (Å²) in [5, 5.41) is 8.12. The van der Waals surface area contributed by atoms with Gasteiger partial charge in [-0.15, -0.1) is 0 Å². The lowest BCUT2D eigenvalue weighted by atomic mass is 10.0. The third kappa shape index (κ3) is 4.11. The highest BCUT2D eigenvalue weighted by Gasteiger charge is 2.28. The fraction of sp³-hybridized carbons (Fsp3) is 0.304. The highest BCUT2D eigenvalue weighted by molar-refractivity contribution is 5.95. The summed E-state index contributed by atoms with van der Waals surface area (Å²) >= 11 is 0. The van der Waals surface area contributed by atoms with Gasteiger partial charge >= 0.3 is 0 Å². The maximum absolute atomic E-state index is 13.1. The maximum Gasteiger partial charge on any atom is 0.278 e. The molecule has 4 rings (SSSR count). The van der Waals surface area contributed by atoms with Crippen molar-refractivity contribution in [1.82, 2.24) is 14.7 Å². The van der Waals surface area contributed by atoms with E-state index in [-0.39, 0.29) is 5.91 Å². The number of aryl methyl sites for hydroxylation is 1. The van der Waals surface area contributed by atoms with E-state index in [1.807, 2.05) is 47.4 Å². The second-order valence-corrected chi connectivity index (χ2v) is 7.35. The van der Waals surface area contributed by atoms with E-state index in [9.17, 15) is 4.79 Å². The predicted octanol–water partition coefficient (Wildman–Crippen LogP) is 3.91. The van der Waals surface area contributed by atoms with Crippen molar-refractivity contribution in [3.8, 4) is 11.4 Å². The van der Waals surface area contributed by atoms with Crippen LogP contribution in [0.4, 0.5) is 5.69 Å². The Morgan fingerprint density at radius 1 is 1.07 bits per heavy atom. The number of carbonyl (C=O) groups excluding carboxylic acids is 1. The standard InChI is InChI=1S/C23H26N4O2/c1-17-8-6-7-11-20(17)24-18-12-14-26(15-13-18)23(28)22-21(29-2)16-27(25-22)19-9-4-3-5-10-19/h3-11,16,18,24H,12-15H2,1-2H3. The van der Waals surface area contributed by atoms with Gasteiger partial charge in [0.2, 0.25) is 0 Å². The number of nitrogens with one attached hydrogen (secondary N) is 1. The molecule has 2 aromatic carbocycles. The number of benzene rings is 2. The minimum absolute atomic E-state index is 0.0779. The second kappa shape index (κ2) is 8.39. The Labute approximate surface area is 171 Å². The average molecular weight is 390 g/mol. The average Bonchev–Trinajstić information content (AvgIpc) is 3.20. The monoisotopic (exact) mass is 390 g/mol. The number of rotatable bonds is 5. The molecule has 6 nitrogen and oxygen atoms in total. The fourth-order valence-electron chi connectivity index (χ4n) is 3.70. The van der Waals surface area contributed by atoms with Gasteiger partial charge in [-0.05, 0) is 43.5 Å². The van der Waals surface area contributed by atoms with E-state index in [0.717, 1.165) is 18.5 Å². The highest BCUT2D eigenvalue weighted by atomic mass is 16.5. The number of methoxy groups -OCH3 is 1. The lowest BCUT2D eigenvalue weighted by Crippen LogP contribution is -2.42. The van der Waals surface area contributed by atoms with E-state index in [0.29, 0.717) is 30.6 Å². The van der Waals surface area contributed by atoms with Gasteiger partial charge in [0.25, 0.3) is 5.91 Å². The summed E-state index contributed by atoms with van der Waals surface area (Å²) in [5.41, 5.74) is 3.66. The summed E-state index contributed by atoms with van der Waals surface area (Å²) in [6, 6.07) is 18.4. The Morgan fingerprint density at radius 2 is 1.76 bits per heavy atom. The van der Waals surface area contributed by atoms with Crippen molar-refractivity contribution in [3.63, 3.8) is 0 Å². The second-order valence-electron chi connectivity index (χ2n) is 7.35. The molecule has 1 amide bonds. The van der Waals surface area contributed by atoms with Gasteiger partial charge in [0.1, 0.15) is 0 Å². The normalized spacial score (nSPS) is 14.6. The summed E-state index contributed by atoms with van der Waals surface area (Å²) in [7, 11) is 1.57. The molecule has 1 aliphatic heterocycles. The van der Waals surface area contributed by atoms with Crippen molar-refractivity contribution in [1.29, 1.82) is 0 Å². The van der Waals surface area contributed by atoms with Crippen LogP contribution >= 0.6 is 0 Å². The number of hydrogen-bond acceptors (Lipinski definition) is 4. The number of hydrogen-bond donors (Lipinski definition) is 1. The number of nitrogens with zero attached hydrogens (tertiary/aromatic N) is 3. The van der Waals surface area contributed by atoms with E-state index in [4.69, 9.17) is 4.74 Å². The van der Waals surface area contributed by atoms with Gasteiger partial charge in [0, 0.05) is 24.8 Å². The zero-order chi connectivity index (χ0) is 20.2. The van der Waals surface area contributed by atoms with Crippen LogP contribution < -0.4 is 10.1 Å². The number of aromatic nitrogens is 2. The van der Waals surface area contributed by atoms with Crippen molar-refractivity contribution in [3.05, 3.63) is 72.1 Å². The van der Waals surface area contributed by atoms with Crippen molar-refractivity contribution in [2.45, 2.75) is 25.8 Å². The number of carbonyl (C=O) groups is 1. The Balaban J connectivity index is 1.43. The van der Waals surface area contributed by atoms with Gasteiger partial charge in [-0.2, -0.15) is 5.10 Å². The number of ether oxygens (including phenoxy) is 1. The summed E-state index contributed by atoms with van der Waals surface area (Å²) in [6.07, 6.45) is 3.57. The molecule has 1 aliphatic rings. The first-order chi connectivity index (χ1) is 14.2. The Kier molecular flexibility index (Phi) is 5.51. The number of anilines is 1. The number of piperidine rings is 1. The lowest BCUT2D eigenvalue weighted by molar-refractivity contribution is 0.0708. The molecule has 0 bridgehead atoms. The molecule has 0 unspecified atom stereocenters. The van der Waals surface area contributed by atoms with Crippen LogP contribution in [0.1, 0.15) is 28.9 Å². The van der Waals surface area contributed by atoms with Crippen molar-refractivity contribution >= 4 is 11.6 Å². The van der Waals surface area contributed by atoms with Crippen LogP contribution in [0.2, 0.25) is 0 Å². The molecule has 0 atom stereocenters. The lowest BCUT2D eigenvalue weighted by Gasteiger charge is -2.33. The molecule has 0 aliphatic carbocycles. The summed E-state index contributed by atoms with van der Waals surface area (Å²) in [4.78, 5) is 15.0. The van der Waals surface area contributed by atoms with E-state index in [2.05, 4.69) is 29.5 Å². The van der Waals surface area contributed by atoms with Gasteiger partial charge in [0.15, 0.2) is 11.4 Å². The van der Waals surface area contributed by atoms with Crippen LogP contribution in [0, 0.1) is 6.92 Å². The minimum Gasteiger partial charge on any atom is -0.493 e. The van der Waals surface area contributed by atoms with E-state index in [1.54, 1.807) is 18.0 Å². The minimum atomic E-state index is -0.0779. The Bertz CT molecular complexity index is 976. The molecule has 29 heavy (non-hydrogen) atoms. The number of amides is 1. The van der Waals surface area contributed by atoms with Crippen LogP contribution in [-0.2, 0) is 0 Å². The van der Waals surface area contributed by atoms with E-state index < -0.39 is 0 Å². The highest BCUT2D eigenvalue weighted by Crippen LogP contribution is 2.24. The molecule has 3 aromatic rings. The van der Waals surface area contributed by atoms with Gasteiger partial charge in [-0.25, -0.2) is 4.68 Å². The quantitative estimate of drug-likeness (QED) is 0.718. The van der Waals surface area contributed by atoms with Gasteiger partial charge in [-0.1, -0.05) is 36.4 Å². The SMILES string of the molecule is COc1cn(-c2ccccc2)nc1C(=O)N1CCC(Nc2ccccc2C)CC1. The zero-order valence-corrected chi connectivity index (χ0v) is 16.8. The predicted molar refractivity (Wildman–Crippen MR) is 114 cm³/mol. The van der Waals surface area contributed by atoms with E-state index in [1.165, 1.54) is 11.3 Å². The third-order valence-electron chi connectivity index (χ3n) is 5.41. The largest absolute Gasteiger partial charge is 0.493 e. The zero-order valence-electron chi connectivity index (χ0n) is 16.8. The number of likely N-dealkylation sites (tertiary alicyclic amines) is 1. The molecular formula is C23H26N4O2. The van der Waals surface area contributed by atoms with Crippen LogP contribution in [0.5, 0.6) is 5.75 Å². The topological polar surface area (TPSA) is 59.4 Å². The van der Waals surface area contributed by atoms with Crippen LogP contribution in [0.25, 0.3) is 5.69 Å². The first kappa shape index (κ1) is 19.1. The molecule has 1 N–H and O–H groups in total. The molecule has 150 valence electrons. The Hall–Kier alpha value is -3.28. The maximum atomic E-state index is 13.1. The fourth-order valence-corrected chi connectivity index (χ4v) is 3.70. The van der Waals surface area contributed by atoms with Crippen molar-refractivity contribution < 1.29 is 9.53 Å². The third-order valence-corrected chi connectivity index (χ3v) is 5.41. The first-order valence-electron chi connectivity index (χ1n) is 9.96. The molecule has 0 spiro atoms. The molecule has 1 saturated heterocycles. The van der Waals surface area contributed by atoms with Crippen molar-refractivity contribution in [2.24, 2.45) is 0 Å². The molecule has 1 aromatic heterocycles. The molecule has 2 heterocycles. The summed E-state index contributed by atoms with van der Waals surface area (Å²) < 4.78 is 7.12. The number of para-hydroxylation sites is 2. The van der Waals surface area contributed by atoms with Crippen LogP contribution in [0.15, 0.2) is 60.8 Å². The van der Waals surface area contributed by atoms with Gasteiger partial charge < -0.3 is 15.0 Å². The van der Waals surface area contributed by atoms with Crippen molar-refractivity contribution in [2.75, 3.05) is 25.5 Å². The molecular weight excluding hydrogens is 364 g/mol. The smallest absolute Gasteiger partial charge is 0.278 e. The summed E-state index contributed by atoms with van der Waals surface area (Å²) in [6.45, 7) is 3.50. The summed E-state index contributed by atoms with van der Waals surface area (Å²) in [5.74, 6) is 0.421. The van der Waals surface area contributed by atoms with Crippen LogP contribution in [-0.4, -0.2) is 46.8 Å². The molecule has 0 saturated carbocycles. The van der Waals surface area contributed by atoms with Crippen LogP contribution in [0.3, 0.4) is 0 Å².